The maximum atomic E-state index is 12.9. The Morgan fingerprint density at radius 2 is 1.68 bits per heavy atom. The van der Waals surface area contributed by atoms with E-state index in [0.717, 1.165) is 0 Å². The average Bonchev–Trinajstić information content (AvgIpc) is 3.23. The number of halogens is 2. The molecule has 1 heterocycles. The van der Waals surface area contributed by atoms with Gasteiger partial charge >= 0.3 is 11.9 Å². The van der Waals surface area contributed by atoms with Gasteiger partial charge in [0.05, 0.1) is 37.1 Å². The van der Waals surface area contributed by atoms with Gasteiger partial charge in [0.15, 0.2) is 17.2 Å². The molecule has 2 aromatic carbocycles. The van der Waals surface area contributed by atoms with Crippen LogP contribution in [0.15, 0.2) is 45.3 Å². The summed E-state index contributed by atoms with van der Waals surface area (Å²) in [6.45, 7) is 6.05. The first-order valence-corrected chi connectivity index (χ1v) is 12.0. The fourth-order valence-electron chi connectivity index (χ4n) is 3.31. The molecule has 8 nitrogen and oxygen atoms in total. The lowest BCUT2D eigenvalue weighted by Gasteiger charge is -2.19. The number of hydrogen-bond acceptors (Lipinski definition) is 7. The highest BCUT2D eigenvalue weighted by atomic mass is 79.9. The summed E-state index contributed by atoms with van der Waals surface area (Å²) in [6.07, 6.45) is -0.109. The second-order valence-corrected chi connectivity index (χ2v) is 8.87. The van der Waals surface area contributed by atoms with Crippen LogP contribution in [0.25, 0.3) is 16.9 Å². The Morgan fingerprint density at radius 3 is 2.24 bits per heavy atom. The van der Waals surface area contributed by atoms with E-state index < -0.39 is 11.9 Å². The van der Waals surface area contributed by atoms with E-state index in [1.54, 1.807) is 30.3 Å². The van der Waals surface area contributed by atoms with E-state index in [1.165, 1.54) is 18.9 Å². The smallest absolute Gasteiger partial charge is 0.357 e. The van der Waals surface area contributed by atoms with Crippen molar-refractivity contribution < 1.29 is 28.5 Å². The van der Waals surface area contributed by atoms with Crippen LogP contribution in [-0.4, -0.2) is 48.6 Å². The van der Waals surface area contributed by atoms with E-state index in [2.05, 4.69) is 37.0 Å². The number of ether oxygens (including phenoxy) is 4. The number of benzene rings is 2. The highest BCUT2D eigenvalue weighted by molar-refractivity contribution is 9.13. The summed E-state index contributed by atoms with van der Waals surface area (Å²) in [5.41, 5.74) is 1.18. The van der Waals surface area contributed by atoms with Crippen molar-refractivity contribution in [1.29, 1.82) is 0 Å². The number of methoxy groups -OCH3 is 2. The van der Waals surface area contributed by atoms with Gasteiger partial charge in [0.2, 0.25) is 0 Å². The summed E-state index contributed by atoms with van der Waals surface area (Å²) in [6, 6.07) is 10.7. The molecular weight excluding hydrogens is 572 g/mol. The molecule has 0 atom stereocenters. The van der Waals surface area contributed by atoms with Gasteiger partial charge in [0.1, 0.15) is 11.3 Å². The molecule has 180 valence electrons. The number of carbonyl (C=O) groups excluding carboxylic acids is 2. The van der Waals surface area contributed by atoms with E-state index >= 15 is 0 Å². The lowest BCUT2D eigenvalue weighted by Crippen LogP contribution is -2.15. The van der Waals surface area contributed by atoms with Crippen molar-refractivity contribution in [2.24, 2.45) is 0 Å². The number of para-hydroxylation sites is 1. The Bertz CT molecular complexity index is 1210. The lowest BCUT2D eigenvalue weighted by atomic mass is 10.0. The Hall–Kier alpha value is -2.85. The van der Waals surface area contributed by atoms with E-state index in [9.17, 15) is 9.59 Å². The Kier molecular flexibility index (Phi) is 8.37. The second-order valence-electron chi connectivity index (χ2n) is 7.28. The Morgan fingerprint density at radius 1 is 1.03 bits per heavy atom. The van der Waals surface area contributed by atoms with Crippen molar-refractivity contribution in [3.8, 4) is 28.4 Å². The number of nitrogens with zero attached hydrogens (tertiary/aromatic N) is 2. The molecule has 10 heteroatoms. The summed E-state index contributed by atoms with van der Waals surface area (Å²) in [5, 5.41) is 4.65. The summed E-state index contributed by atoms with van der Waals surface area (Å²) < 4.78 is 24.3. The Labute approximate surface area is 214 Å². The van der Waals surface area contributed by atoms with Gasteiger partial charge in [0, 0.05) is 10.0 Å². The van der Waals surface area contributed by atoms with Gasteiger partial charge in [0.25, 0.3) is 0 Å². The highest BCUT2D eigenvalue weighted by Gasteiger charge is 2.33. The lowest BCUT2D eigenvalue weighted by molar-refractivity contribution is 0.0549. The van der Waals surface area contributed by atoms with Crippen LogP contribution < -0.4 is 9.47 Å². The van der Waals surface area contributed by atoms with Gasteiger partial charge in [-0.3, -0.25) is 0 Å². The molecule has 0 saturated carbocycles. The minimum absolute atomic E-state index is 0.0363. The largest absolute Gasteiger partial charge is 0.490 e. The third-order valence-corrected chi connectivity index (χ3v) is 6.80. The summed E-state index contributed by atoms with van der Waals surface area (Å²) in [4.78, 5) is 25.8. The van der Waals surface area contributed by atoms with Gasteiger partial charge < -0.3 is 18.9 Å². The SMILES string of the molecule is CCOc1cc(-c2nn(-c3ccccc3)c(C(=O)OC)c2C(=O)OC)c(Br)c(Br)c1OC(C)C. The molecule has 0 aliphatic heterocycles. The van der Waals surface area contributed by atoms with Crippen LogP contribution in [-0.2, 0) is 9.47 Å². The van der Waals surface area contributed by atoms with Crippen LogP contribution in [0.1, 0.15) is 41.6 Å². The molecule has 0 amide bonds. The summed E-state index contributed by atoms with van der Waals surface area (Å²) >= 11 is 7.17. The number of rotatable bonds is 8. The Balaban J connectivity index is 2.40. The summed E-state index contributed by atoms with van der Waals surface area (Å²) in [7, 11) is 2.48. The van der Waals surface area contributed by atoms with Crippen LogP contribution in [0.4, 0.5) is 0 Å². The molecule has 0 radical (unpaired) electrons. The molecule has 0 spiro atoms. The van der Waals surface area contributed by atoms with Crippen LogP contribution in [0.5, 0.6) is 11.5 Å². The third-order valence-electron chi connectivity index (χ3n) is 4.69. The van der Waals surface area contributed by atoms with Crippen molar-refractivity contribution in [1.82, 2.24) is 9.78 Å². The van der Waals surface area contributed by atoms with Gasteiger partial charge in [-0.2, -0.15) is 5.10 Å². The van der Waals surface area contributed by atoms with Crippen molar-refractivity contribution in [3.05, 3.63) is 56.6 Å². The standard InChI is InChI=1S/C24H24Br2N2O6/c1-6-33-16-12-15(18(25)19(26)22(16)34-13(2)3)20-17(23(29)31-4)21(24(30)32-5)28(27-20)14-10-8-7-9-11-14/h7-13H,6H2,1-5H3. The van der Waals surface area contributed by atoms with Gasteiger partial charge in [-0.05, 0) is 70.8 Å². The van der Waals surface area contributed by atoms with Crippen molar-refractivity contribution in [2.45, 2.75) is 26.9 Å². The first-order chi connectivity index (χ1) is 16.2. The fourth-order valence-corrected chi connectivity index (χ4v) is 4.29. The second kappa shape index (κ2) is 11.1. The predicted octanol–water partition coefficient (Wildman–Crippen LogP) is 5.82. The molecule has 0 aliphatic rings. The van der Waals surface area contributed by atoms with E-state index in [-0.39, 0.29) is 23.1 Å². The zero-order chi connectivity index (χ0) is 25.0. The molecule has 34 heavy (non-hydrogen) atoms. The first-order valence-electron chi connectivity index (χ1n) is 10.4. The maximum Gasteiger partial charge on any atom is 0.357 e. The fraction of sp³-hybridized carbons (Fsp3) is 0.292. The van der Waals surface area contributed by atoms with Crippen LogP contribution in [0.2, 0.25) is 0 Å². The third kappa shape index (κ3) is 4.97. The van der Waals surface area contributed by atoms with E-state index in [4.69, 9.17) is 18.9 Å². The van der Waals surface area contributed by atoms with Crippen molar-refractivity contribution in [3.63, 3.8) is 0 Å². The zero-order valence-electron chi connectivity index (χ0n) is 19.3. The molecule has 3 aromatic rings. The maximum absolute atomic E-state index is 12.9. The normalized spacial score (nSPS) is 10.8. The molecule has 0 bridgehead atoms. The number of carbonyl (C=O) groups is 2. The molecular formula is C24H24Br2N2O6. The number of esters is 2. The van der Waals surface area contributed by atoms with Crippen LogP contribution in [0.3, 0.4) is 0 Å². The van der Waals surface area contributed by atoms with E-state index in [0.29, 0.717) is 38.3 Å². The number of aromatic nitrogens is 2. The molecule has 0 unspecified atom stereocenters. The predicted molar refractivity (Wildman–Crippen MR) is 134 cm³/mol. The van der Waals surface area contributed by atoms with Crippen LogP contribution >= 0.6 is 31.9 Å². The quantitative estimate of drug-likeness (QED) is 0.303. The van der Waals surface area contributed by atoms with Gasteiger partial charge in [-0.15, -0.1) is 0 Å². The molecule has 0 fully saturated rings. The van der Waals surface area contributed by atoms with Crippen molar-refractivity contribution >= 4 is 43.8 Å². The first kappa shape index (κ1) is 25.8. The number of hydrogen-bond donors (Lipinski definition) is 0. The highest BCUT2D eigenvalue weighted by Crippen LogP contribution is 2.47. The summed E-state index contributed by atoms with van der Waals surface area (Å²) in [5.74, 6) is -0.516. The molecule has 0 aliphatic carbocycles. The molecule has 0 N–H and O–H groups in total. The monoisotopic (exact) mass is 594 g/mol. The van der Waals surface area contributed by atoms with Gasteiger partial charge in [-0.25, -0.2) is 14.3 Å². The molecule has 1 aromatic heterocycles. The topological polar surface area (TPSA) is 88.9 Å². The van der Waals surface area contributed by atoms with Crippen molar-refractivity contribution in [2.75, 3.05) is 20.8 Å². The molecule has 3 rings (SSSR count). The minimum Gasteiger partial charge on any atom is -0.490 e. The zero-order valence-corrected chi connectivity index (χ0v) is 22.5. The van der Waals surface area contributed by atoms with Gasteiger partial charge in [-0.1, -0.05) is 18.2 Å². The van der Waals surface area contributed by atoms with Crippen LogP contribution in [0, 0.1) is 0 Å². The van der Waals surface area contributed by atoms with E-state index in [1.807, 2.05) is 26.8 Å². The average molecular weight is 596 g/mol. The molecule has 0 saturated heterocycles. The minimum atomic E-state index is -0.735.